The Morgan fingerprint density at radius 1 is 0.253 bits per heavy atom. The molecule has 0 saturated carbocycles. The summed E-state index contributed by atoms with van der Waals surface area (Å²) in [6, 6.07) is 18.2. The second-order valence-corrected chi connectivity index (χ2v) is 35.7. The summed E-state index contributed by atoms with van der Waals surface area (Å²) in [7, 11) is 0. The minimum absolute atomic E-state index is 0.578. The van der Waals surface area contributed by atoms with E-state index in [1.54, 1.807) is 0 Å². The van der Waals surface area contributed by atoms with E-state index in [4.69, 9.17) is 15.0 Å². The fourth-order valence-corrected chi connectivity index (χ4v) is 20.6. The highest BCUT2D eigenvalue weighted by molar-refractivity contribution is 8.04. The van der Waals surface area contributed by atoms with Gasteiger partial charge in [0.1, 0.15) is 0 Å². The fourth-order valence-electron chi connectivity index (χ4n) is 13.1. The number of benzene rings is 3. The van der Waals surface area contributed by atoms with E-state index in [2.05, 4.69) is 178 Å². The first-order valence-electron chi connectivity index (χ1n) is 42.3. The van der Waals surface area contributed by atoms with Gasteiger partial charge < -0.3 is 10.6 Å². The van der Waals surface area contributed by atoms with Gasteiger partial charge in [-0.2, -0.15) is 15.0 Å². The number of thioether (sulfide) groups is 6. The average Bonchev–Trinajstić information content (AvgIpc) is 0.816. The van der Waals surface area contributed by atoms with E-state index in [1.165, 1.54) is 388 Å². The summed E-state index contributed by atoms with van der Waals surface area (Å²) in [5, 5.41) is 7.78. The molecule has 1 radical (unpaired) electrons. The van der Waals surface area contributed by atoms with Gasteiger partial charge in [-0.15, -0.1) is 70.6 Å². The molecule has 0 spiro atoms. The third-order valence-electron chi connectivity index (χ3n) is 19.4. The summed E-state index contributed by atoms with van der Waals surface area (Å²) in [4.78, 5) is 24.6. The molecule has 5 nitrogen and oxygen atoms in total. The number of anilines is 4. The van der Waals surface area contributed by atoms with Crippen molar-refractivity contribution in [2.24, 2.45) is 0 Å². The van der Waals surface area contributed by atoms with Crippen LogP contribution in [0.25, 0.3) is 11.4 Å². The average molecular weight is 1470 g/mol. The molecule has 1 aromatic heterocycles. The summed E-state index contributed by atoms with van der Waals surface area (Å²) in [6.07, 6.45) is 73.3. The maximum Gasteiger partial charge on any atom is 0.232 e. The van der Waals surface area contributed by atoms with Gasteiger partial charge in [-0.05, 0) is 110 Å². The van der Waals surface area contributed by atoms with Gasteiger partial charge in [-0.3, -0.25) is 0 Å². The summed E-state index contributed by atoms with van der Waals surface area (Å²) < 4.78 is 0. The van der Waals surface area contributed by atoms with Crippen molar-refractivity contribution in [2.75, 3.05) is 45.2 Å². The Hall–Kier alpha value is -1.63. The first-order chi connectivity index (χ1) is 48.9. The van der Waals surface area contributed by atoms with Crippen LogP contribution in [0.2, 0.25) is 0 Å². The largest absolute Gasteiger partial charge is 0.324 e. The lowest BCUT2D eigenvalue weighted by atomic mass is 10.1. The van der Waals surface area contributed by atoms with Crippen LogP contribution in [0.15, 0.2) is 77.9 Å². The van der Waals surface area contributed by atoms with Crippen LogP contribution in [0.1, 0.15) is 394 Å². The quantitative estimate of drug-likeness (QED) is 0.0328. The third kappa shape index (κ3) is 46.2. The third-order valence-corrected chi connectivity index (χ3v) is 26.9. The van der Waals surface area contributed by atoms with Gasteiger partial charge in [0, 0.05) is 46.3 Å². The molecule has 0 unspecified atom stereocenters. The van der Waals surface area contributed by atoms with Crippen molar-refractivity contribution in [2.45, 2.75) is 418 Å². The van der Waals surface area contributed by atoms with Crippen molar-refractivity contribution in [1.82, 2.24) is 15.0 Å². The number of unbranched alkanes of at least 4 members (excludes halogenated alkanes) is 48. The van der Waals surface area contributed by atoms with Gasteiger partial charge >= 0.3 is 0 Å². The van der Waals surface area contributed by atoms with E-state index in [1.807, 2.05) is 0 Å². The molecule has 99 heavy (non-hydrogen) atoms. The molecule has 1 heterocycles. The molecule has 3 aromatic carbocycles. The Labute approximate surface area is 639 Å². The minimum atomic E-state index is 0.578. The van der Waals surface area contributed by atoms with E-state index in [0.717, 1.165) is 45.5 Å². The summed E-state index contributed by atoms with van der Waals surface area (Å²) >= 11 is 12.7. The van der Waals surface area contributed by atoms with E-state index in [0.29, 0.717) is 17.7 Å². The standard InChI is InChI=1S/C88H150N5S6/c1-8-14-20-26-32-38-44-50-56-66-94-80-72-78(73-81(95-67-57-51-45-39-33-27-21-15-9-2)84(80)98-70-60-54-48-42-36-30-24-18-12-5)89-87-91-86(77-64-62-76(7)63-65-77)92-88(93-87)90-79-74-82(96-68-58-52-46-40-34-28-22-16-10-3)85(99-71-61-55-49-43-37-31-25-19-13-6)83(75-79)97-69-59-53-47-41-35-29-23-17-11-4/h62-65,72-75H,7-61,66-71H2,1-6H3,(H2,89,90,91,92,93). The SMILES string of the molecule is [CH2]c1ccc(-c2nc(Nc3cc(SCCCCCCCCCCC)c(SCCCCCCCCCCC)c(SCCCCCCCCCCC)c3)nc(Nc3cc(SCCCCCCCCCCC)c(SCCCCCCCCCCC)c(SCCCCCCCCCCC)c3)n2)cc1. The first-order valence-corrected chi connectivity index (χ1v) is 48.2. The maximum absolute atomic E-state index is 5.36. The highest BCUT2D eigenvalue weighted by Gasteiger charge is 2.19. The number of hydrogen-bond donors (Lipinski definition) is 2. The molecule has 0 aliphatic rings. The molecule has 2 N–H and O–H groups in total. The Morgan fingerprint density at radius 3 is 0.677 bits per heavy atom. The summed E-state index contributed by atoms with van der Waals surface area (Å²) in [5.41, 5.74) is 4.09. The fraction of sp³-hybridized carbons (Fsp3) is 0.750. The Balaban J connectivity index is 1.73. The number of rotatable bonds is 71. The van der Waals surface area contributed by atoms with Crippen LogP contribution >= 0.6 is 70.6 Å². The summed E-state index contributed by atoms with van der Waals surface area (Å²) in [6.45, 7) is 18.2. The maximum atomic E-state index is 5.36. The van der Waals surface area contributed by atoms with Crippen LogP contribution in [0.4, 0.5) is 23.3 Å². The zero-order valence-electron chi connectivity index (χ0n) is 65.0. The van der Waals surface area contributed by atoms with Crippen molar-refractivity contribution in [1.29, 1.82) is 0 Å². The zero-order chi connectivity index (χ0) is 70.4. The number of nitrogens with one attached hydrogen (secondary N) is 2. The lowest BCUT2D eigenvalue weighted by molar-refractivity contribution is 0.573. The Kier molecular flexibility index (Phi) is 58.7. The normalized spacial score (nSPS) is 11.6. The van der Waals surface area contributed by atoms with Gasteiger partial charge in [0.2, 0.25) is 11.9 Å². The molecule has 4 aromatic rings. The molecule has 0 fully saturated rings. The van der Waals surface area contributed by atoms with Gasteiger partial charge in [0.15, 0.2) is 5.82 Å². The topological polar surface area (TPSA) is 62.7 Å². The van der Waals surface area contributed by atoms with Crippen molar-refractivity contribution >= 4 is 93.8 Å². The molecule has 0 saturated heterocycles. The first kappa shape index (κ1) is 89.8. The van der Waals surface area contributed by atoms with Crippen molar-refractivity contribution in [3.8, 4) is 11.4 Å². The lowest BCUT2D eigenvalue weighted by Gasteiger charge is -2.19. The molecule has 0 aliphatic carbocycles. The van der Waals surface area contributed by atoms with Crippen LogP contribution in [0, 0.1) is 6.92 Å². The van der Waals surface area contributed by atoms with Crippen LogP contribution in [0.3, 0.4) is 0 Å². The molecule has 563 valence electrons. The van der Waals surface area contributed by atoms with E-state index < -0.39 is 0 Å². The molecule has 4 rings (SSSR count). The molecule has 11 heteroatoms. The minimum Gasteiger partial charge on any atom is -0.324 e. The Bertz CT molecular complexity index is 2260. The van der Waals surface area contributed by atoms with E-state index in [-0.39, 0.29) is 0 Å². The number of nitrogens with zero attached hydrogens (tertiary/aromatic N) is 3. The van der Waals surface area contributed by atoms with Crippen molar-refractivity contribution in [3.05, 3.63) is 61.0 Å². The van der Waals surface area contributed by atoms with Gasteiger partial charge in [0.25, 0.3) is 0 Å². The molecule has 0 bridgehead atoms. The van der Waals surface area contributed by atoms with Crippen LogP contribution in [0.5, 0.6) is 0 Å². The van der Waals surface area contributed by atoms with Crippen molar-refractivity contribution in [3.63, 3.8) is 0 Å². The van der Waals surface area contributed by atoms with Crippen molar-refractivity contribution < 1.29 is 0 Å². The Morgan fingerprint density at radius 2 is 0.455 bits per heavy atom. The summed E-state index contributed by atoms with van der Waals surface area (Å²) in [5.74, 6) is 8.76. The van der Waals surface area contributed by atoms with Crippen LogP contribution in [-0.2, 0) is 0 Å². The molecule has 0 atom stereocenters. The molecular weight excluding hydrogens is 1320 g/mol. The highest BCUT2D eigenvalue weighted by atomic mass is 32.2. The lowest BCUT2D eigenvalue weighted by Crippen LogP contribution is -2.06. The highest BCUT2D eigenvalue weighted by Crippen LogP contribution is 2.45. The predicted molar refractivity (Wildman–Crippen MR) is 457 cm³/mol. The molecular formula is C88H150N5S6. The zero-order valence-corrected chi connectivity index (χ0v) is 69.9. The second-order valence-electron chi connectivity index (χ2n) is 28.9. The van der Waals surface area contributed by atoms with Gasteiger partial charge in [-0.25, -0.2) is 0 Å². The van der Waals surface area contributed by atoms with Gasteiger partial charge in [-0.1, -0.05) is 374 Å². The van der Waals surface area contributed by atoms with Gasteiger partial charge in [0.05, 0.1) is 0 Å². The van der Waals surface area contributed by atoms with E-state index in [9.17, 15) is 0 Å². The van der Waals surface area contributed by atoms with E-state index >= 15 is 0 Å². The monoisotopic (exact) mass is 1470 g/mol. The number of hydrogen-bond acceptors (Lipinski definition) is 11. The smallest absolute Gasteiger partial charge is 0.232 e. The second kappa shape index (κ2) is 64.7. The molecule has 0 amide bonds. The molecule has 0 aliphatic heterocycles. The van der Waals surface area contributed by atoms with Crippen LogP contribution in [-0.4, -0.2) is 49.5 Å². The predicted octanol–water partition coefficient (Wildman–Crippen LogP) is 32.9. The van der Waals surface area contributed by atoms with Crippen LogP contribution < -0.4 is 10.6 Å². The number of aromatic nitrogens is 3.